The van der Waals surface area contributed by atoms with E-state index < -0.39 is 8.07 Å². The second-order valence-corrected chi connectivity index (χ2v) is 24.1. The van der Waals surface area contributed by atoms with Crippen molar-refractivity contribution in [1.29, 1.82) is 0 Å². The molecule has 0 aliphatic rings. The van der Waals surface area contributed by atoms with E-state index in [4.69, 9.17) is 0 Å². The van der Waals surface area contributed by atoms with Crippen LogP contribution in [0.2, 0.25) is 0 Å². The van der Waals surface area contributed by atoms with Gasteiger partial charge in [-0.15, -0.1) is 0 Å². The van der Waals surface area contributed by atoms with Crippen LogP contribution in [0.15, 0.2) is 285 Å². The largest absolute Gasteiger partial charge is 0.309 e. The molecule has 13 aromatic carbocycles. The zero-order valence-electron chi connectivity index (χ0n) is 41.5. The lowest BCUT2D eigenvalue weighted by Crippen LogP contribution is -2.74. The standard InChI is InChI=1S/C72H47N3Si/c1-5-21-48(22-6-1)73-65-35-19-17-32-58(65)60-40-37-50(46-69(60)73)74-66-36-20-18-33-59(66)64-45-49(38-43-67(64)74)75-68-44-42-62-57-31-14-13-29-55(57)56-30-15-16-34-61(56)71(62)72(68)63-41-39-54(47-70(63)75)76(51-23-7-2-8-24-51,52-25-9-3-10-26-52)53-27-11-4-12-28-53/h1-47H. The highest BCUT2D eigenvalue weighted by Crippen LogP contribution is 2.45. The normalized spacial score (nSPS) is 12.2. The summed E-state index contributed by atoms with van der Waals surface area (Å²) in [5.74, 6) is 0. The van der Waals surface area contributed by atoms with Gasteiger partial charge in [-0.25, -0.2) is 0 Å². The first kappa shape index (κ1) is 42.7. The summed E-state index contributed by atoms with van der Waals surface area (Å²) in [6.45, 7) is 0. The molecule has 16 rings (SSSR count). The molecule has 3 nitrogen and oxygen atoms in total. The first-order valence-corrected chi connectivity index (χ1v) is 28.3. The molecular formula is C72H47N3Si. The van der Waals surface area contributed by atoms with Gasteiger partial charge in [0.25, 0.3) is 0 Å². The monoisotopic (exact) mass is 981 g/mol. The van der Waals surface area contributed by atoms with Crippen LogP contribution in [-0.2, 0) is 0 Å². The van der Waals surface area contributed by atoms with Crippen molar-refractivity contribution in [2.45, 2.75) is 0 Å². The summed E-state index contributed by atoms with van der Waals surface area (Å²) in [7, 11) is -2.91. The van der Waals surface area contributed by atoms with Crippen molar-refractivity contribution in [3.05, 3.63) is 285 Å². The van der Waals surface area contributed by atoms with Gasteiger partial charge in [0.2, 0.25) is 0 Å². The maximum atomic E-state index is 2.58. The smallest absolute Gasteiger partial charge is 0.179 e. The molecule has 0 unspecified atom stereocenters. The van der Waals surface area contributed by atoms with Gasteiger partial charge in [-0.3, -0.25) is 0 Å². The zero-order valence-corrected chi connectivity index (χ0v) is 42.5. The van der Waals surface area contributed by atoms with Gasteiger partial charge in [-0.1, -0.05) is 218 Å². The SMILES string of the molecule is c1ccc(-n2c3ccccc3c3ccc(-n4c5ccccc5c5cc(-n6c7cc([Si](c8ccccc8)(c8ccccc8)c8ccccc8)ccc7c7c8c9ccccc9c9ccccc9c8ccc76)ccc54)cc32)cc1. The van der Waals surface area contributed by atoms with Gasteiger partial charge in [0.1, 0.15) is 0 Å². The molecule has 16 aromatic rings. The lowest BCUT2D eigenvalue weighted by atomic mass is 9.92. The van der Waals surface area contributed by atoms with Crippen LogP contribution in [0.1, 0.15) is 0 Å². The summed E-state index contributed by atoms with van der Waals surface area (Å²) >= 11 is 0. The van der Waals surface area contributed by atoms with Crippen LogP contribution in [0, 0.1) is 0 Å². The van der Waals surface area contributed by atoms with Crippen molar-refractivity contribution < 1.29 is 0 Å². The van der Waals surface area contributed by atoms with Crippen LogP contribution in [0.25, 0.3) is 115 Å². The van der Waals surface area contributed by atoms with Gasteiger partial charge in [0, 0.05) is 54.8 Å². The summed E-state index contributed by atoms with van der Waals surface area (Å²) in [6, 6.07) is 107. The second-order valence-electron chi connectivity index (χ2n) is 20.3. The van der Waals surface area contributed by atoms with E-state index >= 15 is 0 Å². The number of nitrogens with zero attached hydrogens (tertiary/aromatic N) is 3. The van der Waals surface area contributed by atoms with E-state index in [-0.39, 0.29) is 0 Å². The second kappa shape index (κ2) is 16.6. The Labute approximate surface area is 440 Å². The van der Waals surface area contributed by atoms with E-state index in [1.54, 1.807) is 0 Å². The Bertz CT molecular complexity index is 4840. The summed E-state index contributed by atoms with van der Waals surface area (Å²) < 4.78 is 7.46. The number of aromatic nitrogens is 3. The highest BCUT2D eigenvalue weighted by Gasteiger charge is 2.42. The number of rotatable bonds is 7. The molecule has 0 spiro atoms. The molecule has 76 heavy (non-hydrogen) atoms. The summed E-state index contributed by atoms with van der Waals surface area (Å²) in [6.07, 6.45) is 0. The molecule has 3 heterocycles. The first-order chi connectivity index (χ1) is 37.7. The molecule has 0 radical (unpaired) electrons. The average Bonchev–Trinajstić information content (AvgIpc) is 4.33. The molecule has 0 saturated heterocycles. The fourth-order valence-corrected chi connectivity index (χ4v) is 18.2. The molecule has 0 aliphatic heterocycles. The van der Waals surface area contributed by atoms with Crippen LogP contribution < -0.4 is 20.7 Å². The van der Waals surface area contributed by atoms with Gasteiger partial charge in [-0.05, 0) is 114 Å². The Morgan fingerprint density at radius 1 is 0.184 bits per heavy atom. The maximum Gasteiger partial charge on any atom is 0.179 e. The van der Waals surface area contributed by atoms with Gasteiger partial charge >= 0.3 is 0 Å². The minimum absolute atomic E-state index is 1.13. The topological polar surface area (TPSA) is 14.8 Å². The van der Waals surface area contributed by atoms with Gasteiger partial charge < -0.3 is 13.7 Å². The van der Waals surface area contributed by atoms with Crippen LogP contribution in [0.4, 0.5) is 0 Å². The third-order valence-corrected chi connectivity index (χ3v) is 21.3. The molecule has 0 bridgehead atoms. The van der Waals surface area contributed by atoms with Crippen molar-refractivity contribution >= 4 is 127 Å². The molecule has 0 amide bonds. The van der Waals surface area contributed by atoms with Gasteiger partial charge in [0.05, 0.1) is 33.1 Å². The third kappa shape index (κ3) is 6.04. The Hall–Kier alpha value is -9.74. The fourth-order valence-electron chi connectivity index (χ4n) is 13.4. The Balaban J connectivity index is 1.01. The predicted molar refractivity (Wildman–Crippen MR) is 326 cm³/mol. The van der Waals surface area contributed by atoms with E-state index in [2.05, 4.69) is 299 Å². The van der Waals surface area contributed by atoms with Crippen molar-refractivity contribution in [2.75, 3.05) is 0 Å². The summed E-state index contributed by atoms with van der Waals surface area (Å²) in [5.41, 5.74) is 10.5. The van der Waals surface area contributed by atoms with Gasteiger partial charge in [0.15, 0.2) is 8.07 Å². The van der Waals surface area contributed by atoms with E-state index in [1.165, 1.54) is 118 Å². The minimum Gasteiger partial charge on any atom is -0.309 e. The Kier molecular flexibility index (Phi) is 9.36. The Morgan fingerprint density at radius 2 is 0.566 bits per heavy atom. The van der Waals surface area contributed by atoms with Crippen LogP contribution in [0.3, 0.4) is 0 Å². The number of benzene rings is 13. The molecule has 0 fully saturated rings. The molecule has 354 valence electrons. The molecule has 0 saturated carbocycles. The zero-order chi connectivity index (χ0) is 49.9. The third-order valence-electron chi connectivity index (χ3n) is 16.5. The van der Waals surface area contributed by atoms with E-state index in [0.29, 0.717) is 0 Å². The lowest BCUT2D eigenvalue weighted by molar-refractivity contribution is 1.15. The van der Waals surface area contributed by atoms with Crippen LogP contribution in [0.5, 0.6) is 0 Å². The summed E-state index contributed by atoms with van der Waals surface area (Å²) in [4.78, 5) is 0. The summed E-state index contributed by atoms with van der Waals surface area (Å²) in [5, 5.41) is 20.5. The predicted octanol–water partition coefficient (Wildman–Crippen LogP) is 15.8. The minimum atomic E-state index is -2.91. The van der Waals surface area contributed by atoms with Crippen LogP contribution in [-0.4, -0.2) is 21.8 Å². The van der Waals surface area contributed by atoms with Crippen molar-refractivity contribution in [3.8, 4) is 17.1 Å². The lowest BCUT2D eigenvalue weighted by Gasteiger charge is -2.34. The van der Waals surface area contributed by atoms with Crippen molar-refractivity contribution in [1.82, 2.24) is 13.7 Å². The van der Waals surface area contributed by atoms with Gasteiger partial charge in [-0.2, -0.15) is 0 Å². The Morgan fingerprint density at radius 3 is 1.18 bits per heavy atom. The molecule has 3 aromatic heterocycles. The maximum absolute atomic E-state index is 2.91. The quantitative estimate of drug-likeness (QED) is 0.0859. The average molecular weight is 982 g/mol. The molecule has 4 heteroatoms. The fraction of sp³-hybridized carbons (Fsp3) is 0. The van der Waals surface area contributed by atoms with Crippen molar-refractivity contribution in [3.63, 3.8) is 0 Å². The number of fused-ring (bicyclic) bond motifs is 16. The highest BCUT2D eigenvalue weighted by molar-refractivity contribution is 7.20. The molecule has 0 atom stereocenters. The number of hydrogen-bond donors (Lipinski definition) is 0. The van der Waals surface area contributed by atoms with Crippen LogP contribution >= 0.6 is 0 Å². The molecule has 0 N–H and O–H groups in total. The number of para-hydroxylation sites is 3. The van der Waals surface area contributed by atoms with E-state index in [0.717, 1.165) is 17.1 Å². The van der Waals surface area contributed by atoms with E-state index in [9.17, 15) is 0 Å². The van der Waals surface area contributed by atoms with Crippen molar-refractivity contribution in [2.24, 2.45) is 0 Å². The molecular weight excluding hydrogens is 935 g/mol. The first-order valence-electron chi connectivity index (χ1n) is 26.3. The van der Waals surface area contributed by atoms with E-state index in [1.807, 2.05) is 0 Å². The molecule has 0 aliphatic carbocycles. The number of hydrogen-bond acceptors (Lipinski definition) is 0. The highest BCUT2D eigenvalue weighted by atomic mass is 28.3.